The lowest BCUT2D eigenvalue weighted by Gasteiger charge is -2.04. The van der Waals surface area contributed by atoms with E-state index in [-0.39, 0.29) is 12.6 Å². The first-order chi connectivity index (χ1) is 10.3. The van der Waals surface area contributed by atoms with Gasteiger partial charge in [-0.15, -0.1) is 11.3 Å². The molecule has 0 bridgehead atoms. The Bertz CT molecular complexity index is 778. The van der Waals surface area contributed by atoms with E-state index >= 15 is 0 Å². The maximum Gasteiger partial charge on any atom is 0.331 e. The van der Waals surface area contributed by atoms with Crippen LogP contribution in [0.5, 0.6) is 0 Å². The van der Waals surface area contributed by atoms with E-state index in [0.717, 1.165) is 15.8 Å². The van der Waals surface area contributed by atoms with Crippen molar-refractivity contribution in [3.05, 3.63) is 70.7 Å². The van der Waals surface area contributed by atoms with Gasteiger partial charge in [-0.25, -0.2) is 4.79 Å². The molecule has 0 N–H and O–H groups in total. The number of hydrogen-bond acceptors (Lipinski definition) is 4. The summed E-state index contributed by atoms with van der Waals surface area (Å²) in [6, 6.07) is 14.2. The summed E-state index contributed by atoms with van der Waals surface area (Å²) in [6.45, 7) is 0.275. The highest BCUT2D eigenvalue weighted by Crippen LogP contribution is 2.16. The molecule has 0 unspecified atom stereocenters. The number of aromatic nitrogens is 1. The second-order valence-corrected chi connectivity index (χ2v) is 5.44. The fraction of sp³-hybridized carbons (Fsp3) is 0.0588. The number of esters is 1. The van der Waals surface area contributed by atoms with Crippen LogP contribution in [0.2, 0.25) is 0 Å². The molecule has 21 heavy (non-hydrogen) atoms. The molecule has 0 aliphatic heterocycles. The van der Waals surface area contributed by atoms with Crippen molar-refractivity contribution in [2.24, 2.45) is 0 Å². The van der Waals surface area contributed by atoms with Gasteiger partial charge >= 0.3 is 5.97 Å². The second kappa shape index (κ2) is 6.33. The predicted molar refractivity (Wildman–Crippen MR) is 84.9 cm³/mol. The van der Waals surface area contributed by atoms with Gasteiger partial charge in [0.05, 0.1) is 5.51 Å². The average Bonchev–Trinajstić information content (AvgIpc) is 3.04. The zero-order valence-corrected chi connectivity index (χ0v) is 12.0. The van der Waals surface area contributed by atoms with Crippen molar-refractivity contribution >= 4 is 34.2 Å². The van der Waals surface area contributed by atoms with Crippen LogP contribution in [-0.2, 0) is 16.1 Å². The van der Waals surface area contributed by atoms with Gasteiger partial charge in [-0.2, -0.15) is 0 Å². The summed E-state index contributed by atoms with van der Waals surface area (Å²) in [5.41, 5.74) is 2.70. The third-order valence-corrected chi connectivity index (χ3v) is 3.77. The molecule has 0 amide bonds. The van der Waals surface area contributed by atoms with Gasteiger partial charge in [0.25, 0.3) is 0 Å². The Hall–Kier alpha value is -2.46. The van der Waals surface area contributed by atoms with E-state index in [0.29, 0.717) is 0 Å². The molecule has 3 aromatic rings. The van der Waals surface area contributed by atoms with Gasteiger partial charge in [-0.05, 0) is 28.5 Å². The van der Waals surface area contributed by atoms with E-state index in [2.05, 4.69) is 11.1 Å². The van der Waals surface area contributed by atoms with E-state index in [9.17, 15) is 4.79 Å². The van der Waals surface area contributed by atoms with Crippen LogP contribution in [0, 0.1) is 0 Å². The molecule has 1 aromatic heterocycles. The van der Waals surface area contributed by atoms with E-state index in [1.54, 1.807) is 17.8 Å². The summed E-state index contributed by atoms with van der Waals surface area (Å²) in [4.78, 5) is 16.5. The van der Waals surface area contributed by atoms with Gasteiger partial charge < -0.3 is 4.74 Å². The molecule has 0 fully saturated rings. The molecule has 0 aliphatic rings. The molecule has 3 nitrogen and oxygen atoms in total. The third-order valence-electron chi connectivity index (χ3n) is 3.03. The highest BCUT2D eigenvalue weighted by Gasteiger charge is 2.01. The zero-order chi connectivity index (χ0) is 14.5. The Morgan fingerprint density at radius 1 is 1.19 bits per heavy atom. The van der Waals surface area contributed by atoms with Crippen molar-refractivity contribution in [2.45, 2.75) is 6.61 Å². The Morgan fingerprint density at radius 2 is 2.05 bits per heavy atom. The van der Waals surface area contributed by atoms with Gasteiger partial charge in [-0.1, -0.05) is 36.4 Å². The number of thiazole rings is 1. The third kappa shape index (κ3) is 3.55. The minimum absolute atomic E-state index is 0.275. The molecule has 3 rings (SSSR count). The lowest BCUT2D eigenvalue weighted by atomic mass is 10.1. The molecule has 4 heteroatoms. The summed E-state index contributed by atoms with van der Waals surface area (Å²) in [7, 11) is 0. The van der Waals surface area contributed by atoms with Crippen LogP contribution in [0.1, 0.15) is 10.4 Å². The molecule has 2 aromatic carbocycles. The summed E-state index contributed by atoms with van der Waals surface area (Å²) in [5, 5.41) is 2.32. The average molecular weight is 295 g/mol. The number of nitrogens with zero attached hydrogens (tertiary/aromatic N) is 1. The second-order valence-electron chi connectivity index (χ2n) is 4.53. The van der Waals surface area contributed by atoms with Crippen molar-refractivity contribution in [2.75, 3.05) is 0 Å². The van der Waals surface area contributed by atoms with Crippen LogP contribution in [0.25, 0.3) is 16.8 Å². The molecular weight excluding hydrogens is 282 g/mol. The largest absolute Gasteiger partial charge is 0.458 e. The first-order valence-corrected chi connectivity index (χ1v) is 7.40. The van der Waals surface area contributed by atoms with Gasteiger partial charge in [0.2, 0.25) is 0 Å². The number of carbonyl (C=O) groups is 1. The quantitative estimate of drug-likeness (QED) is 0.538. The standard InChI is InChI=1S/C17H13NO2S/c19-17(8-7-16-10-18-12-21-16)20-11-13-5-6-14-3-1-2-4-15(14)9-13/h1-10,12H,11H2/b8-7+. The lowest BCUT2D eigenvalue weighted by molar-refractivity contribution is -0.138. The maximum atomic E-state index is 11.7. The number of hydrogen-bond donors (Lipinski definition) is 0. The first-order valence-electron chi connectivity index (χ1n) is 6.52. The summed E-state index contributed by atoms with van der Waals surface area (Å²) in [5.74, 6) is -0.350. The Morgan fingerprint density at radius 3 is 2.86 bits per heavy atom. The van der Waals surface area contributed by atoms with Crippen molar-refractivity contribution < 1.29 is 9.53 Å². The fourth-order valence-electron chi connectivity index (χ4n) is 1.99. The van der Waals surface area contributed by atoms with Crippen molar-refractivity contribution in [1.29, 1.82) is 0 Å². The Labute approximate surface area is 126 Å². The minimum atomic E-state index is -0.350. The molecule has 0 atom stereocenters. The van der Waals surface area contributed by atoms with Crippen molar-refractivity contribution in [1.82, 2.24) is 4.98 Å². The maximum absolute atomic E-state index is 11.7. The molecule has 1 heterocycles. The fourth-order valence-corrected chi connectivity index (χ4v) is 2.50. The molecule has 0 aliphatic carbocycles. The Balaban J connectivity index is 1.62. The smallest absolute Gasteiger partial charge is 0.331 e. The number of fused-ring (bicyclic) bond motifs is 1. The normalized spacial score (nSPS) is 11.0. The monoisotopic (exact) mass is 295 g/mol. The highest BCUT2D eigenvalue weighted by molar-refractivity contribution is 7.10. The molecule has 104 valence electrons. The van der Waals surface area contributed by atoms with Crippen LogP contribution >= 0.6 is 11.3 Å². The van der Waals surface area contributed by atoms with E-state index in [1.165, 1.54) is 22.8 Å². The van der Waals surface area contributed by atoms with E-state index in [1.807, 2.05) is 36.4 Å². The van der Waals surface area contributed by atoms with Crippen LogP contribution in [-0.4, -0.2) is 11.0 Å². The van der Waals surface area contributed by atoms with E-state index < -0.39 is 0 Å². The van der Waals surface area contributed by atoms with Gasteiger partial charge in [0.15, 0.2) is 0 Å². The van der Waals surface area contributed by atoms with Crippen molar-refractivity contribution in [3.63, 3.8) is 0 Å². The Kier molecular flexibility index (Phi) is 4.07. The molecule has 0 radical (unpaired) electrons. The summed E-state index contributed by atoms with van der Waals surface area (Å²) < 4.78 is 5.23. The number of carbonyl (C=O) groups excluding carboxylic acids is 1. The molecule has 0 saturated heterocycles. The molecule has 0 spiro atoms. The predicted octanol–water partition coefficient (Wildman–Crippen LogP) is 4.05. The highest BCUT2D eigenvalue weighted by atomic mass is 32.1. The van der Waals surface area contributed by atoms with E-state index in [4.69, 9.17) is 4.74 Å². The summed E-state index contributed by atoms with van der Waals surface area (Å²) >= 11 is 1.48. The topological polar surface area (TPSA) is 39.2 Å². The molecular formula is C17H13NO2S. The van der Waals surface area contributed by atoms with Gasteiger partial charge in [-0.3, -0.25) is 4.98 Å². The summed E-state index contributed by atoms with van der Waals surface area (Å²) in [6.07, 6.45) is 4.84. The van der Waals surface area contributed by atoms with Crippen LogP contribution in [0.3, 0.4) is 0 Å². The zero-order valence-electron chi connectivity index (χ0n) is 11.2. The van der Waals surface area contributed by atoms with Crippen LogP contribution in [0.15, 0.2) is 60.2 Å². The first kappa shape index (κ1) is 13.5. The van der Waals surface area contributed by atoms with Gasteiger partial charge in [0, 0.05) is 17.2 Å². The SMILES string of the molecule is O=C(/C=C/c1cncs1)OCc1ccc2ccccc2c1. The molecule has 0 saturated carbocycles. The number of rotatable bonds is 4. The van der Waals surface area contributed by atoms with Crippen molar-refractivity contribution in [3.8, 4) is 0 Å². The van der Waals surface area contributed by atoms with Crippen LogP contribution in [0.4, 0.5) is 0 Å². The van der Waals surface area contributed by atoms with Gasteiger partial charge in [0.1, 0.15) is 6.61 Å². The number of ether oxygens (including phenoxy) is 1. The lowest BCUT2D eigenvalue weighted by Crippen LogP contribution is -2.00. The minimum Gasteiger partial charge on any atom is -0.458 e. The van der Waals surface area contributed by atoms with Crippen LogP contribution < -0.4 is 0 Å². The number of benzene rings is 2.